The van der Waals surface area contributed by atoms with Crippen molar-refractivity contribution in [2.75, 3.05) is 29.9 Å². The second-order valence-corrected chi connectivity index (χ2v) is 9.33. The van der Waals surface area contributed by atoms with E-state index in [-0.39, 0.29) is 6.10 Å². The second-order valence-electron chi connectivity index (χ2n) is 7.93. The number of hydrogen-bond donors (Lipinski definition) is 2. The molecule has 0 spiro atoms. The summed E-state index contributed by atoms with van der Waals surface area (Å²) in [6.45, 7) is 3.19. The Bertz CT molecular complexity index is 1110. The predicted octanol–water partition coefficient (Wildman–Crippen LogP) is 3.45. The molecule has 1 fully saturated rings. The molecule has 0 aliphatic carbocycles. The van der Waals surface area contributed by atoms with E-state index in [1.165, 1.54) is 22.9 Å². The van der Waals surface area contributed by atoms with Gasteiger partial charge in [0.2, 0.25) is 5.95 Å². The Morgan fingerprint density at radius 3 is 2.82 bits per heavy atom. The summed E-state index contributed by atoms with van der Waals surface area (Å²) in [4.78, 5) is 20.3. The Hall–Kier alpha value is -2.82. The first kappa shape index (κ1) is 22.0. The summed E-state index contributed by atoms with van der Waals surface area (Å²) in [6, 6.07) is 12.3. The lowest BCUT2D eigenvalue weighted by Crippen LogP contribution is -2.35. The molecule has 0 saturated carbocycles. The normalized spacial score (nSPS) is 17.5. The van der Waals surface area contributed by atoms with Crippen LogP contribution in [0.5, 0.6) is 0 Å². The Labute approximate surface area is 202 Å². The van der Waals surface area contributed by atoms with Crippen LogP contribution in [-0.4, -0.2) is 50.8 Å². The number of benzene rings is 1. The molecule has 0 amide bonds. The minimum atomic E-state index is 0.201. The highest BCUT2D eigenvalue weighted by atomic mass is 32.2. The van der Waals surface area contributed by atoms with Crippen molar-refractivity contribution >= 4 is 40.9 Å². The summed E-state index contributed by atoms with van der Waals surface area (Å²) in [6.07, 6.45) is 6.78. The van der Waals surface area contributed by atoms with E-state index in [1.54, 1.807) is 18.5 Å². The number of rotatable bonds is 6. The summed E-state index contributed by atoms with van der Waals surface area (Å²) in [7, 11) is 0. The van der Waals surface area contributed by atoms with Gasteiger partial charge in [0, 0.05) is 44.7 Å². The van der Waals surface area contributed by atoms with E-state index in [0.717, 1.165) is 49.8 Å². The van der Waals surface area contributed by atoms with Crippen LogP contribution in [0.2, 0.25) is 0 Å². The van der Waals surface area contributed by atoms with Gasteiger partial charge in [-0.25, -0.2) is 15.0 Å². The molecule has 3 aromatic rings. The van der Waals surface area contributed by atoms with E-state index in [2.05, 4.69) is 54.8 Å². The Morgan fingerprint density at radius 2 is 2.00 bits per heavy atom. The average molecular weight is 480 g/mol. The zero-order valence-electron chi connectivity index (χ0n) is 18.1. The van der Waals surface area contributed by atoms with Gasteiger partial charge in [-0.15, -0.1) is 0 Å². The third-order valence-corrected chi connectivity index (χ3v) is 6.68. The van der Waals surface area contributed by atoms with Crippen molar-refractivity contribution in [3.8, 4) is 0 Å². The molecule has 1 unspecified atom stereocenters. The van der Waals surface area contributed by atoms with E-state index < -0.39 is 0 Å². The fourth-order valence-corrected chi connectivity index (χ4v) is 4.85. The fraction of sp³-hybridized carbons (Fsp3) is 0.348. The molecule has 170 valence electrons. The van der Waals surface area contributed by atoms with E-state index in [9.17, 15) is 0 Å². The minimum absolute atomic E-state index is 0.201. The van der Waals surface area contributed by atoms with Crippen LogP contribution < -0.4 is 15.5 Å². The molecule has 5 rings (SSSR count). The molecule has 2 aromatic heterocycles. The summed E-state index contributed by atoms with van der Waals surface area (Å²) < 4.78 is 5.66. The molecule has 0 bridgehead atoms. The lowest BCUT2D eigenvalue weighted by molar-refractivity contribution is 0.114. The SMILES string of the molecule is S=C(NCC1CCCO1)Nc1nc(Sc2ncccn2)cc(N2CCc3ccccc3C2)n1. The van der Waals surface area contributed by atoms with Crippen LogP contribution in [0, 0.1) is 0 Å². The van der Waals surface area contributed by atoms with Crippen LogP contribution in [0.4, 0.5) is 11.8 Å². The third kappa shape index (κ3) is 5.76. The Kier molecular flexibility index (Phi) is 6.94. The van der Waals surface area contributed by atoms with Crippen LogP contribution >= 0.6 is 24.0 Å². The van der Waals surface area contributed by atoms with Crippen LogP contribution in [0.1, 0.15) is 24.0 Å². The van der Waals surface area contributed by atoms with Crippen molar-refractivity contribution in [1.29, 1.82) is 0 Å². The molecule has 33 heavy (non-hydrogen) atoms. The average Bonchev–Trinajstić information content (AvgIpc) is 3.37. The smallest absolute Gasteiger partial charge is 0.232 e. The highest BCUT2D eigenvalue weighted by Gasteiger charge is 2.20. The molecule has 10 heteroatoms. The summed E-state index contributed by atoms with van der Waals surface area (Å²) in [5.74, 6) is 1.30. The number of nitrogens with one attached hydrogen (secondary N) is 2. The molecule has 8 nitrogen and oxygen atoms in total. The first-order valence-corrected chi connectivity index (χ1v) is 12.3. The molecule has 1 atom stereocenters. The van der Waals surface area contributed by atoms with Crippen LogP contribution in [-0.2, 0) is 17.7 Å². The molecule has 4 heterocycles. The molecular formula is C23H25N7OS2. The molecule has 2 N–H and O–H groups in total. The molecule has 1 saturated heterocycles. The number of fused-ring (bicyclic) bond motifs is 1. The van der Waals surface area contributed by atoms with Crippen molar-refractivity contribution in [1.82, 2.24) is 25.3 Å². The number of hydrogen-bond acceptors (Lipinski definition) is 8. The van der Waals surface area contributed by atoms with Crippen molar-refractivity contribution in [3.63, 3.8) is 0 Å². The minimum Gasteiger partial charge on any atom is -0.376 e. The van der Waals surface area contributed by atoms with Crippen LogP contribution in [0.25, 0.3) is 0 Å². The second kappa shape index (κ2) is 10.4. The molecule has 1 aromatic carbocycles. The van der Waals surface area contributed by atoms with Gasteiger partial charge in [0.25, 0.3) is 0 Å². The summed E-state index contributed by atoms with van der Waals surface area (Å²) >= 11 is 6.90. The monoisotopic (exact) mass is 479 g/mol. The van der Waals surface area contributed by atoms with Crippen molar-refractivity contribution in [2.24, 2.45) is 0 Å². The standard InChI is InChI=1S/C23H25N7OS2/c32-22(26-14-18-7-3-12-31-18)29-21-27-19(13-20(28-21)33-23-24-9-4-10-25-23)30-11-8-16-5-1-2-6-17(16)15-30/h1-2,4-6,9-10,13,18H,3,7-8,11-12,14-15H2,(H2,26,27,28,29,32). The van der Waals surface area contributed by atoms with Gasteiger partial charge in [-0.05, 0) is 60.4 Å². The Balaban J connectivity index is 1.35. The van der Waals surface area contributed by atoms with Gasteiger partial charge in [-0.3, -0.25) is 0 Å². The molecular weight excluding hydrogens is 454 g/mol. The van der Waals surface area contributed by atoms with E-state index >= 15 is 0 Å². The van der Waals surface area contributed by atoms with Gasteiger partial charge in [0.15, 0.2) is 10.3 Å². The van der Waals surface area contributed by atoms with Crippen LogP contribution in [0.15, 0.2) is 59.0 Å². The van der Waals surface area contributed by atoms with Gasteiger partial charge in [-0.2, -0.15) is 4.98 Å². The van der Waals surface area contributed by atoms with Gasteiger partial charge in [-0.1, -0.05) is 24.3 Å². The fourth-order valence-electron chi connectivity index (χ4n) is 3.96. The first-order valence-electron chi connectivity index (χ1n) is 11.0. The number of thiocarbonyl (C=S) groups is 1. The van der Waals surface area contributed by atoms with E-state index in [0.29, 0.717) is 22.8 Å². The number of ether oxygens (including phenoxy) is 1. The zero-order valence-corrected chi connectivity index (χ0v) is 19.7. The van der Waals surface area contributed by atoms with Crippen molar-refractivity contribution < 1.29 is 4.74 Å². The lowest BCUT2D eigenvalue weighted by atomic mass is 10.00. The maximum Gasteiger partial charge on any atom is 0.232 e. The maximum absolute atomic E-state index is 5.66. The van der Waals surface area contributed by atoms with Gasteiger partial charge in [0.1, 0.15) is 10.8 Å². The quantitative estimate of drug-likeness (QED) is 0.311. The molecule has 2 aliphatic heterocycles. The van der Waals surface area contributed by atoms with E-state index in [4.69, 9.17) is 21.9 Å². The molecule has 0 radical (unpaired) electrons. The van der Waals surface area contributed by atoms with Gasteiger partial charge >= 0.3 is 0 Å². The highest BCUT2D eigenvalue weighted by molar-refractivity contribution is 7.99. The Morgan fingerprint density at radius 1 is 1.15 bits per heavy atom. The van der Waals surface area contributed by atoms with Crippen molar-refractivity contribution in [3.05, 3.63) is 59.9 Å². The summed E-state index contributed by atoms with van der Waals surface area (Å²) in [5.41, 5.74) is 2.72. The highest BCUT2D eigenvalue weighted by Crippen LogP contribution is 2.29. The molecule has 2 aliphatic rings. The number of nitrogens with zero attached hydrogens (tertiary/aromatic N) is 5. The van der Waals surface area contributed by atoms with Gasteiger partial charge < -0.3 is 20.3 Å². The van der Waals surface area contributed by atoms with Crippen LogP contribution in [0.3, 0.4) is 0 Å². The predicted molar refractivity (Wildman–Crippen MR) is 133 cm³/mol. The maximum atomic E-state index is 5.66. The topological polar surface area (TPSA) is 88.1 Å². The lowest BCUT2D eigenvalue weighted by Gasteiger charge is -2.30. The summed E-state index contributed by atoms with van der Waals surface area (Å²) in [5, 5.41) is 8.26. The van der Waals surface area contributed by atoms with E-state index in [1.807, 2.05) is 6.07 Å². The largest absolute Gasteiger partial charge is 0.376 e. The number of aromatic nitrogens is 4. The number of anilines is 2. The first-order chi connectivity index (χ1) is 16.2. The van der Waals surface area contributed by atoms with Crippen molar-refractivity contribution in [2.45, 2.75) is 42.1 Å². The van der Waals surface area contributed by atoms with Gasteiger partial charge in [0.05, 0.1) is 6.10 Å². The third-order valence-electron chi connectivity index (χ3n) is 5.62. The zero-order chi connectivity index (χ0) is 22.5.